The highest BCUT2D eigenvalue weighted by Gasteiger charge is 2.31. The van der Waals surface area contributed by atoms with Gasteiger partial charge in [0.25, 0.3) is 0 Å². The Hall–Kier alpha value is -2.25. The predicted octanol–water partition coefficient (Wildman–Crippen LogP) is 4.96. The summed E-state index contributed by atoms with van der Waals surface area (Å²) in [6.45, 7) is 3.81. The van der Waals surface area contributed by atoms with Crippen molar-refractivity contribution in [1.82, 2.24) is 0 Å². The Kier molecular flexibility index (Phi) is 5.62. The molecule has 8 heteroatoms. The number of aromatic hydroxyl groups is 1. The van der Waals surface area contributed by atoms with E-state index in [-0.39, 0.29) is 11.4 Å². The molecule has 0 bridgehead atoms. The molecule has 4 nitrogen and oxygen atoms in total. The van der Waals surface area contributed by atoms with Crippen molar-refractivity contribution in [1.29, 1.82) is 0 Å². The van der Waals surface area contributed by atoms with Crippen LogP contribution in [0.15, 0.2) is 35.3 Å². The van der Waals surface area contributed by atoms with E-state index in [0.29, 0.717) is 48.1 Å². The molecule has 2 aromatic rings. The van der Waals surface area contributed by atoms with E-state index in [0.717, 1.165) is 12.1 Å². The zero-order chi connectivity index (χ0) is 19.6. The minimum atomic E-state index is -4.47. The van der Waals surface area contributed by atoms with Crippen molar-refractivity contribution >= 4 is 29.2 Å². The summed E-state index contributed by atoms with van der Waals surface area (Å²) < 4.78 is 44.7. The van der Waals surface area contributed by atoms with Crippen LogP contribution < -0.4 is 4.90 Å². The number of hydrogen-bond donors (Lipinski definition) is 1. The van der Waals surface area contributed by atoms with Gasteiger partial charge >= 0.3 is 6.18 Å². The SMILES string of the molecule is Cc1cc(Cl)cc(C=Nc2cc(C(F)(F)F)ccc2N2CCOCC2)c1O. The number of aliphatic imine (C=N–C) groups is 1. The van der Waals surface area contributed by atoms with Crippen LogP contribution in [0.2, 0.25) is 5.02 Å². The van der Waals surface area contributed by atoms with Gasteiger partial charge in [-0.1, -0.05) is 11.6 Å². The van der Waals surface area contributed by atoms with E-state index in [2.05, 4.69) is 4.99 Å². The summed E-state index contributed by atoms with van der Waals surface area (Å²) in [6, 6.07) is 6.58. The van der Waals surface area contributed by atoms with Crippen LogP contribution in [0.4, 0.5) is 24.5 Å². The van der Waals surface area contributed by atoms with Crippen LogP contribution in [0.5, 0.6) is 5.75 Å². The number of nitrogens with zero attached hydrogens (tertiary/aromatic N) is 2. The summed E-state index contributed by atoms with van der Waals surface area (Å²) in [6.07, 6.45) is -3.14. The topological polar surface area (TPSA) is 45.1 Å². The number of anilines is 1. The number of rotatable bonds is 3. The number of halogens is 4. The first-order valence-electron chi connectivity index (χ1n) is 8.33. The maximum atomic E-state index is 13.1. The average molecular weight is 399 g/mol. The van der Waals surface area contributed by atoms with Crippen molar-refractivity contribution in [2.45, 2.75) is 13.1 Å². The maximum absolute atomic E-state index is 13.1. The van der Waals surface area contributed by atoms with Crippen molar-refractivity contribution in [2.24, 2.45) is 4.99 Å². The highest BCUT2D eigenvalue weighted by Crippen LogP contribution is 2.37. The van der Waals surface area contributed by atoms with Crippen LogP contribution in [-0.4, -0.2) is 37.6 Å². The zero-order valence-corrected chi connectivity index (χ0v) is 15.3. The average Bonchev–Trinajstić information content (AvgIpc) is 2.63. The standard InChI is InChI=1S/C19H18ClF3N2O2/c1-12-8-15(20)9-13(18(12)26)11-24-16-10-14(19(21,22)23)2-3-17(16)25-4-6-27-7-5-25/h2-3,8-11,26H,4-7H2,1H3. The number of aryl methyl sites for hydroxylation is 1. The number of phenols is 1. The molecule has 0 saturated carbocycles. The fraction of sp³-hybridized carbons (Fsp3) is 0.316. The predicted molar refractivity (Wildman–Crippen MR) is 99.6 cm³/mol. The molecule has 1 aliphatic heterocycles. The van der Waals surface area contributed by atoms with Gasteiger partial charge in [-0.2, -0.15) is 13.2 Å². The van der Waals surface area contributed by atoms with Crippen LogP contribution in [0.1, 0.15) is 16.7 Å². The van der Waals surface area contributed by atoms with E-state index < -0.39 is 11.7 Å². The second-order valence-electron chi connectivity index (χ2n) is 6.22. The van der Waals surface area contributed by atoms with E-state index >= 15 is 0 Å². The monoisotopic (exact) mass is 398 g/mol. The molecule has 2 aromatic carbocycles. The van der Waals surface area contributed by atoms with Crippen LogP contribution in [0.25, 0.3) is 0 Å². The third kappa shape index (κ3) is 4.54. The third-order valence-corrected chi connectivity index (χ3v) is 4.51. The van der Waals surface area contributed by atoms with Gasteiger partial charge in [0.2, 0.25) is 0 Å². The highest BCUT2D eigenvalue weighted by atomic mass is 35.5. The molecule has 0 aliphatic carbocycles. The number of hydrogen-bond acceptors (Lipinski definition) is 4. The Labute approximate surface area is 159 Å². The van der Waals surface area contributed by atoms with Crippen molar-refractivity contribution in [3.8, 4) is 5.75 Å². The molecule has 0 unspecified atom stereocenters. The summed E-state index contributed by atoms with van der Waals surface area (Å²) in [5.74, 6) is -0.0111. The maximum Gasteiger partial charge on any atom is 0.416 e. The molecule has 1 aliphatic rings. The van der Waals surface area contributed by atoms with Gasteiger partial charge in [-0.15, -0.1) is 0 Å². The van der Waals surface area contributed by atoms with Crippen LogP contribution in [0.3, 0.4) is 0 Å². The minimum Gasteiger partial charge on any atom is -0.507 e. The van der Waals surface area contributed by atoms with E-state index in [9.17, 15) is 18.3 Å². The minimum absolute atomic E-state index is 0.0111. The van der Waals surface area contributed by atoms with Gasteiger partial charge in [-0.05, 0) is 42.8 Å². The lowest BCUT2D eigenvalue weighted by Gasteiger charge is -2.30. The van der Waals surface area contributed by atoms with Crippen molar-refractivity contribution < 1.29 is 23.0 Å². The molecular formula is C19H18ClF3N2O2. The van der Waals surface area contributed by atoms with Gasteiger partial charge < -0.3 is 14.7 Å². The van der Waals surface area contributed by atoms with Crippen molar-refractivity contribution in [2.75, 3.05) is 31.2 Å². The Morgan fingerprint density at radius 1 is 1.19 bits per heavy atom. The fourth-order valence-electron chi connectivity index (χ4n) is 2.87. The molecular weight excluding hydrogens is 381 g/mol. The molecule has 0 radical (unpaired) electrons. The van der Waals surface area contributed by atoms with Gasteiger partial charge in [-0.3, -0.25) is 4.99 Å². The molecule has 0 atom stereocenters. The van der Waals surface area contributed by atoms with Gasteiger partial charge in [-0.25, -0.2) is 0 Å². The van der Waals surface area contributed by atoms with Crippen molar-refractivity contribution in [3.63, 3.8) is 0 Å². The van der Waals surface area contributed by atoms with E-state index in [1.165, 1.54) is 18.3 Å². The first-order valence-corrected chi connectivity index (χ1v) is 8.70. The van der Waals surface area contributed by atoms with Crippen LogP contribution in [-0.2, 0) is 10.9 Å². The Balaban J connectivity index is 2.03. The molecule has 144 valence electrons. The lowest BCUT2D eigenvalue weighted by atomic mass is 10.1. The normalized spacial score (nSPS) is 15.5. The van der Waals surface area contributed by atoms with Gasteiger partial charge in [0.1, 0.15) is 5.75 Å². The smallest absolute Gasteiger partial charge is 0.416 e. The van der Waals surface area contributed by atoms with Crippen LogP contribution >= 0.6 is 11.6 Å². The Morgan fingerprint density at radius 2 is 1.89 bits per heavy atom. The zero-order valence-electron chi connectivity index (χ0n) is 14.6. The molecule has 1 N–H and O–H groups in total. The largest absolute Gasteiger partial charge is 0.507 e. The number of morpholine rings is 1. The van der Waals surface area contributed by atoms with Crippen molar-refractivity contribution in [3.05, 3.63) is 52.0 Å². The first kappa shape index (κ1) is 19.5. The Bertz CT molecular complexity index is 863. The number of phenolic OH excluding ortho intramolecular Hbond substituents is 1. The van der Waals surface area contributed by atoms with Gasteiger partial charge in [0.15, 0.2) is 0 Å². The molecule has 3 rings (SSSR count). The number of benzene rings is 2. The summed E-state index contributed by atoms with van der Waals surface area (Å²) in [5, 5.41) is 10.6. The molecule has 1 saturated heterocycles. The molecule has 1 fully saturated rings. The van der Waals surface area contributed by atoms with Crippen LogP contribution in [0, 0.1) is 6.92 Å². The lowest BCUT2D eigenvalue weighted by Crippen LogP contribution is -2.36. The molecule has 27 heavy (non-hydrogen) atoms. The summed E-state index contributed by atoms with van der Waals surface area (Å²) in [4.78, 5) is 6.17. The second-order valence-corrected chi connectivity index (χ2v) is 6.66. The second kappa shape index (κ2) is 7.78. The summed E-state index contributed by atoms with van der Waals surface area (Å²) in [7, 11) is 0. The van der Waals surface area contributed by atoms with E-state index in [1.54, 1.807) is 13.0 Å². The Morgan fingerprint density at radius 3 is 2.56 bits per heavy atom. The molecule has 1 heterocycles. The fourth-order valence-corrected chi connectivity index (χ4v) is 3.15. The molecule has 0 aromatic heterocycles. The van der Waals surface area contributed by atoms with E-state index in [1.807, 2.05) is 4.90 Å². The lowest BCUT2D eigenvalue weighted by molar-refractivity contribution is -0.137. The highest BCUT2D eigenvalue weighted by molar-refractivity contribution is 6.31. The quantitative estimate of drug-likeness (QED) is 0.743. The van der Waals surface area contributed by atoms with Gasteiger partial charge in [0.05, 0.1) is 30.2 Å². The first-order chi connectivity index (χ1) is 12.8. The summed E-state index contributed by atoms with van der Waals surface area (Å²) >= 11 is 6.00. The molecule has 0 amide bonds. The number of ether oxygens (including phenoxy) is 1. The molecule has 0 spiro atoms. The third-order valence-electron chi connectivity index (χ3n) is 4.29. The van der Waals surface area contributed by atoms with E-state index in [4.69, 9.17) is 16.3 Å². The van der Waals surface area contributed by atoms with Gasteiger partial charge in [0, 0.05) is 29.9 Å². The number of alkyl halides is 3. The summed E-state index contributed by atoms with van der Waals surface area (Å²) in [5.41, 5.74) is 0.870.